The average Bonchev–Trinajstić information content (AvgIpc) is 2.87. The molecule has 0 saturated carbocycles. The van der Waals surface area contributed by atoms with Crippen LogP contribution in [0.15, 0.2) is 12.1 Å². The van der Waals surface area contributed by atoms with E-state index in [1.165, 1.54) is 11.3 Å². The Morgan fingerprint density at radius 2 is 2.10 bits per heavy atom. The highest BCUT2D eigenvalue weighted by Gasteiger charge is 2.23. The number of hydrogen-bond donors (Lipinski definition) is 1. The van der Waals surface area contributed by atoms with Gasteiger partial charge < -0.3 is 10.6 Å². The SMILES string of the molecule is Cc1cc2c(cc1N)N(Cc1c(Cl)c(C)nn1C)CC2. The number of aromatic nitrogens is 2. The van der Waals surface area contributed by atoms with Crippen molar-refractivity contribution in [2.24, 2.45) is 7.05 Å². The molecule has 2 heterocycles. The third-order valence-corrected chi connectivity index (χ3v) is 4.55. The van der Waals surface area contributed by atoms with E-state index in [0.29, 0.717) is 0 Å². The maximum Gasteiger partial charge on any atom is 0.0865 e. The topological polar surface area (TPSA) is 47.1 Å². The molecule has 0 saturated heterocycles. The number of halogens is 1. The predicted octanol–water partition coefficient (Wildman–Crippen LogP) is 2.84. The second-order valence-corrected chi connectivity index (χ2v) is 5.86. The maximum absolute atomic E-state index is 6.34. The second-order valence-electron chi connectivity index (χ2n) is 5.48. The first-order chi connectivity index (χ1) is 9.47. The van der Waals surface area contributed by atoms with Gasteiger partial charge in [0.25, 0.3) is 0 Å². The lowest BCUT2D eigenvalue weighted by atomic mass is 10.1. The van der Waals surface area contributed by atoms with Crippen LogP contribution in [0, 0.1) is 13.8 Å². The Balaban J connectivity index is 1.94. The van der Waals surface area contributed by atoms with Crippen molar-refractivity contribution in [2.75, 3.05) is 17.2 Å². The van der Waals surface area contributed by atoms with Gasteiger partial charge in [0.2, 0.25) is 0 Å². The molecule has 4 nitrogen and oxygen atoms in total. The second kappa shape index (κ2) is 4.70. The Morgan fingerprint density at radius 3 is 2.75 bits per heavy atom. The molecule has 0 fully saturated rings. The molecule has 20 heavy (non-hydrogen) atoms. The van der Waals surface area contributed by atoms with Crippen LogP contribution in [-0.2, 0) is 20.0 Å². The number of nitrogens with two attached hydrogens (primary N) is 1. The molecule has 0 spiro atoms. The molecule has 1 aliphatic heterocycles. The third kappa shape index (κ3) is 2.04. The van der Waals surface area contributed by atoms with Crippen molar-refractivity contribution in [3.8, 4) is 0 Å². The third-order valence-electron chi connectivity index (χ3n) is 4.06. The minimum absolute atomic E-state index is 0.765. The van der Waals surface area contributed by atoms with E-state index in [1.54, 1.807) is 0 Å². The molecule has 1 aliphatic rings. The van der Waals surface area contributed by atoms with E-state index in [0.717, 1.165) is 47.2 Å². The van der Waals surface area contributed by atoms with Gasteiger partial charge in [0.05, 0.1) is 23.0 Å². The Morgan fingerprint density at radius 1 is 1.35 bits per heavy atom. The van der Waals surface area contributed by atoms with Crippen LogP contribution in [0.3, 0.4) is 0 Å². The van der Waals surface area contributed by atoms with Gasteiger partial charge in [-0.25, -0.2) is 0 Å². The number of hydrogen-bond acceptors (Lipinski definition) is 3. The summed E-state index contributed by atoms with van der Waals surface area (Å²) in [6.45, 7) is 5.76. The molecule has 2 N–H and O–H groups in total. The van der Waals surface area contributed by atoms with Crippen LogP contribution in [0.4, 0.5) is 11.4 Å². The highest BCUT2D eigenvalue weighted by molar-refractivity contribution is 6.31. The van der Waals surface area contributed by atoms with Crippen LogP contribution in [0.25, 0.3) is 0 Å². The van der Waals surface area contributed by atoms with E-state index >= 15 is 0 Å². The minimum Gasteiger partial charge on any atom is -0.398 e. The summed E-state index contributed by atoms with van der Waals surface area (Å²) in [6.07, 6.45) is 1.06. The number of anilines is 2. The van der Waals surface area contributed by atoms with Gasteiger partial charge in [0.15, 0.2) is 0 Å². The predicted molar refractivity (Wildman–Crippen MR) is 83.3 cm³/mol. The Labute approximate surface area is 124 Å². The summed E-state index contributed by atoms with van der Waals surface area (Å²) < 4.78 is 1.87. The number of nitrogen functional groups attached to an aromatic ring is 1. The first-order valence-corrected chi connectivity index (χ1v) is 7.17. The Hall–Kier alpha value is -1.68. The van der Waals surface area contributed by atoms with Crippen molar-refractivity contribution in [3.63, 3.8) is 0 Å². The average molecular weight is 291 g/mol. The lowest BCUT2D eigenvalue weighted by Gasteiger charge is -2.20. The molecule has 0 aliphatic carbocycles. The molecule has 0 unspecified atom stereocenters. The van der Waals surface area contributed by atoms with Crippen LogP contribution in [-0.4, -0.2) is 16.3 Å². The maximum atomic E-state index is 6.34. The Kier molecular flexibility index (Phi) is 3.13. The molecule has 106 valence electrons. The fraction of sp³-hybridized carbons (Fsp3) is 0.400. The zero-order chi connectivity index (χ0) is 14.4. The van der Waals surface area contributed by atoms with Crippen LogP contribution in [0.1, 0.15) is 22.5 Å². The molecular formula is C15H19ClN4. The zero-order valence-corrected chi connectivity index (χ0v) is 12.8. The van der Waals surface area contributed by atoms with E-state index < -0.39 is 0 Å². The summed E-state index contributed by atoms with van der Waals surface area (Å²) >= 11 is 6.34. The quantitative estimate of drug-likeness (QED) is 0.865. The van der Waals surface area contributed by atoms with E-state index in [4.69, 9.17) is 17.3 Å². The van der Waals surface area contributed by atoms with Crippen LogP contribution in [0.2, 0.25) is 5.02 Å². The summed E-state index contributed by atoms with van der Waals surface area (Å²) in [7, 11) is 1.94. The molecule has 0 radical (unpaired) electrons. The number of rotatable bonds is 2. The molecule has 0 bridgehead atoms. The molecular weight excluding hydrogens is 272 g/mol. The highest BCUT2D eigenvalue weighted by atomic mass is 35.5. The van der Waals surface area contributed by atoms with E-state index in [-0.39, 0.29) is 0 Å². The molecule has 0 atom stereocenters. The van der Waals surface area contributed by atoms with Crippen molar-refractivity contribution in [1.29, 1.82) is 0 Å². The van der Waals surface area contributed by atoms with Gasteiger partial charge in [0.1, 0.15) is 0 Å². The molecule has 5 heteroatoms. The van der Waals surface area contributed by atoms with Crippen LogP contribution in [0.5, 0.6) is 0 Å². The normalized spacial score (nSPS) is 13.9. The Bertz CT molecular complexity index is 675. The number of fused-ring (bicyclic) bond motifs is 1. The van der Waals surface area contributed by atoms with Crippen molar-refractivity contribution < 1.29 is 0 Å². The van der Waals surface area contributed by atoms with Gasteiger partial charge in [-0.15, -0.1) is 0 Å². The van der Waals surface area contributed by atoms with Crippen LogP contribution < -0.4 is 10.6 Å². The van der Waals surface area contributed by atoms with E-state index in [2.05, 4.69) is 29.1 Å². The lowest BCUT2D eigenvalue weighted by Crippen LogP contribution is -2.21. The highest BCUT2D eigenvalue weighted by Crippen LogP contribution is 2.34. The molecule has 2 aromatic rings. The summed E-state index contributed by atoms with van der Waals surface area (Å²) in [6, 6.07) is 4.27. The van der Waals surface area contributed by atoms with Gasteiger partial charge in [-0.05, 0) is 37.5 Å². The first-order valence-electron chi connectivity index (χ1n) is 6.79. The van der Waals surface area contributed by atoms with E-state index in [9.17, 15) is 0 Å². The van der Waals surface area contributed by atoms with Crippen molar-refractivity contribution in [2.45, 2.75) is 26.8 Å². The van der Waals surface area contributed by atoms with Gasteiger partial charge in [-0.1, -0.05) is 17.7 Å². The van der Waals surface area contributed by atoms with E-state index in [1.807, 2.05) is 18.7 Å². The largest absolute Gasteiger partial charge is 0.398 e. The first kappa shape index (κ1) is 13.3. The zero-order valence-electron chi connectivity index (χ0n) is 12.1. The van der Waals surface area contributed by atoms with Crippen LogP contribution >= 0.6 is 11.6 Å². The number of nitrogens with zero attached hydrogens (tertiary/aromatic N) is 3. The van der Waals surface area contributed by atoms with Crippen molar-refractivity contribution >= 4 is 23.0 Å². The summed E-state index contributed by atoms with van der Waals surface area (Å²) in [5.74, 6) is 0. The fourth-order valence-electron chi connectivity index (χ4n) is 2.84. The van der Waals surface area contributed by atoms with Crippen molar-refractivity contribution in [1.82, 2.24) is 9.78 Å². The summed E-state index contributed by atoms with van der Waals surface area (Å²) in [5.41, 5.74) is 12.6. The standard InChI is InChI=1S/C15H19ClN4/c1-9-6-11-4-5-20(13(11)7-12(9)17)8-14-15(16)10(2)18-19(14)3/h6-7H,4-5,8,17H2,1-3H3. The van der Waals surface area contributed by atoms with Crippen molar-refractivity contribution in [3.05, 3.63) is 39.7 Å². The summed E-state index contributed by atoms with van der Waals surface area (Å²) in [5, 5.41) is 5.14. The smallest absolute Gasteiger partial charge is 0.0865 e. The van der Waals surface area contributed by atoms with Gasteiger partial charge >= 0.3 is 0 Å². The number of aryl methyl sites for hydroxylation is 3. The lowest BCUT2D eigenvalue weighted by molar-refractivity contribution is 0.684. The molecule has 1 aromatic heterocycles. The summed E-state index contributed by atoms with van der Waals surface area (Å²) in [4.78, 5) is 2.33. The molecule has 3 rings (SSSR count). The fourth-order valence-corrected chi connectivity index (χ4v) is 3.06. The molecule has 1 aromatic carbocycles. The van der Waals surface area contributed by atoms with Gasteiger partial charge in [-0.2, -0.15) is 5.10 Å². The van der Waals surface area contributed by atoms with Gasteiger partial charge in [-0.3, -0.25) is 4.68 Å². The molecule has 0 amide bonds. The van der Waals surface area contributed by atoms with Gasteiger partial charge in [0, 0.05) is 25.0 Å². The number of benzene rings is 1. The minimum atomic E-state index is 0.765. The monoisotopic (exact) mass is 290 g/mol.